The molecule has 2 nitrogen and oxygen atoms in total. The Morgan fingerprint density at radius 1 is 0.565 bits per heavy atom. The van der Waals surface area contributed by atoms with E-state index in [1.54, 1.807) is 0 Å². The Morgan fingerprint density at radius 2 is 1.04 bits per heavy atom. The van der Waals surface area contributed by atoms with E-state index in [-0.39, 0.29) is 0 Å². The molecule has 0 atom stereocenters. The largest absolute Gasteiger partial charge is 0.256 e. The molecule has 3 aromatic rings. The SMILES string of the molecule is Sc1ccc(N=Cc2ccc(C=Nc3ccccc3)cc2)cc1. The van der Waals surface area contributed by atoms with E-state index in [1.807, 2.05) is 91.3 Å². The minimum absolute atomic E-state index is 0.914. The molecule has 0 N–H and O–H groups in total. The maximum absolute atomic E-state index is 4.45. The van der Waals surface area contributed by atoms with Gasteiger partial charge in [-0.05, 0) is 47.5 Å². The Kier molecular flexibility index (Phi) is 5.02. The van der Waals surface area contributed by atoms with Crippen molar-refractivity contribution in [3.63, 3.8) is 0 Å². The summed E-state index contributed by atoms with van der Waals surface area (Å²) in [5.74, 6) is 0. The smallest absolute Gasteiger partial charge is 0.0630 e. The summed E-state index contributed by atoms with van der Waals surface area (Å²) in [6.07, 6.45) is 3.72. The number of para-hydroxylation sites is 1. The van der Waals surface area contributed by atoms with Gasteiger partial charge in [0.05, 0.1) is 11.4 Å². The van der Waals surface area contributed by atoms with Crippen LogP contribution < -0.4 is 0 Å². The van der Waals surface area contributed by atoms with Crippen LogP contribution in [0.3, 0.4) is 0 Å². The first-order chi connectivity index (χ1) is 11.3. The van der Waals surface area contributed by atoms with Gasteiger partial charge in [0.25, 0.3) is 0 Å². The lowest BCUT2D eigenvalue weighted by molar-refractivity contribution is 1.43. The lowest BCUT2D eigenvalue weighted by Gasteiger charge is -1.97. The summed E-state index contributed by atoms with van der Waals surface area (Å²) < 4.78 is 0. The zero-order valence-corrected chi connectivity index (χ0v) is 13.4. The Balaban J connectivity index is 1.67. The van der Waals surface area contributed by atoms with Crippen LogP contribution in [-0.4, -0.2) is 12.4 Å². The number of hydrogen-bond donors (Lipinski definition) is 1. The first-order valence-corrected chi connectivity index (χ1v) is 7.77. The van der Waals surface area contributed by atoms with Crippen molar-refractivity contribution in [2.75, 3.05) is 0 Å². The van der Waals surface area contributed by atoms with Gasteiger partial charge in [-0.25, -0.2) is 0 Å². The molecule has 0 spiro atoms. The van der Waals surface area contributed by atoms with Gasteiger partial charge in [0, 0.05) is 17.3 Å². The highest BCUT2D eigenvalue weighted by Gasteiger charge is 1.92. The van der Waals surface area contributed by atoms with Gasteiger partial charge < -0.3 is 0 Å². The average Bonchev–Trinajstić information content (AvgIpc) is 2.61. The number of thiol groups is 1. The molecule has 0 aliphatic heterocycles. The molecule has 0 saturated carbocycles. The summed E-state index contributed by atoms with van der Waals surface area (Å²) in [5.41, 5.74) is 3.98. The quantitative estimate of drug-likeness (QED) is 0.487. The minimum atomic E-state index is 0.914. The number of nitrogens with zero attached hydrogens (tertiary/aromatic N) is 2. The maximum atomic E-state index is 4.45. The molecular formula is C20H16N2S. The molecule has 3 rings (SSSR count). The van der Waals surface area contributed by atoms with Gasteiger partial charge in [0.2, 0.25) is 0 Å². The third kappa shape index (κ3) is 4.66. The fraction of sp³-hybridized carbons (Fsp3) is 0. The molecule has 3 heteroatoms. The third-order valence-corrected chi connectivity index (χ3v) is 3.57. The number of aliphatic imine (C=N–C) groups is 2. The van der Waals surface area contributed by atoms with Gasteiger partial charge in [-0.2, -0.15) is 0 Å². The molecule has 0 bridgehead atoms. The molecule has 23 heavy (non-hydrogen) atoms. The second-order valence-electron chi connectivity index (χ2n) is 5.04. The van der Waals surface area contributed by atoms with Crippen molar-refractivity contribution in [3.8, 4) is 0 Å². The van der Waals surface area contributed by atoms with E-state index in [0.717, 1.165) is 27.4 Å². The third-order valence-electron chi connectivity index (χ3n) is 3.27. The second-order valence-corrected chi connectivity index (χ2v) is 5.55. The number of hydrogen-bond acceptors (Lipinski definition) is 3. The molecule has 0 aliphatic carbocycles. The summed E-state index contributed by atoms with van der Waals surface area (Å²) in [4.78, 5) is 9.83. The van der Waals surface area contributed by atoms with E-state index in [4.69, 9.17) is 0 Å². The number of benzene rings is 3. The van der Waals surface area contributed by atoms with Crippen molar-refractivity contribution in [2.24, 2.45) is 9.98 Å². The molecule has 112 valence electrons. The molecular weight excluding hydrogens is 300 g/mol. The topological polar surface area (TPSA) is 24.7 Å². The Hall–Kier alpha value is -2.65. The highest BCUT2D eigenvalue weighted by Crippen LogP contribution is 2.15. The highest BCUT2D eigenvalue weighted by atomic mass is 32.1. The summed E-state index contributed by atoms with van der Waals surface area (Å²) >= 11 is 4.26. The monoisotopic (exact) mass is 316 g/mol. The molecule has 0 aliphatic rings. The van der Waals surface area contributed by atoms with Crippen LogP contribution in [0, 0.1) is 0 Å². The Bertz CT molecular complexity index is 805. The zero-order valence-electron chi connectivity index (χ0n) is 12.5. The number of rotatable bonds is 4. The summed E-state index contributed by atoms with van der Waals surface area (Å²) in [6.45, 7) is 0. The van der Waals surface area contributed by atoms with E-state index in [0.29, 0.717) is 0 Å². The maximum Gasteiger partial charge on any atom is 0.0630 e. The molecule has 3 aromatic carbocycles. The van der Waals surface area contributed by atoms with E-state index in [9.17, 15) is 0 Å². The molecule has 0 heterocycles. The van der Waals surface area contributed by atoms with Crippen molar-refractivity contribution in [2.45, 2.75) is 4.90 Å². The first-order valence-electron chi connectivity index (χ1n) is 7.32. The fourth-order valence-electron chi connectivity index (χ4n) is 2.02. The molecule has 0 amide bonds. The molecule has 0 aromatic heterocycles. The predicted octanol–water partition coefficient (Wildman–Crippen LogP) is 5.48. The molecule has 0 saturated heterocycles. The zero-order chi connectivity index (χ0) is 15.9. The van der Waals surface area contributed by atoms with Crippen LogP contribution in [0.4, 0.5) is 11.4 Å². The van der Waals surface area contributed by atoms with Gasteiger partial charge in [0.1, 0.15) is 0 Å². The second kappa shape index (κ2) is 7.56. The lowest BCUT2D eigenvalue weighted by Crippen LogP contribution is -1.84. The normalized spacial score (nSPS) is 11.3. The highest BCUT2D eigenvalue weighted by molar-refractivity contribution is 7.80. The Labute approximate surface area is 141 Å². The lowest BCUT2D eigenvalue weighted by atomic mass is 10.1. The average molecular weight is 316 g/mol. The van der Waals surface area contributed by atoms with Crippen LogP contribution in [-0.2, 0) is 0 Å². The van der Waals surface area contributed by atoms with Crippen molar-refractivity contribution in [1.82, 2.24) is 0 Å². The summed E-state index contributed by atoms with van der Waals surface area (Å²) in [6, 6.07) is 25.8. The van der Waals surface area contributed by atoms with E-state index in [2.05, 4.69) is 22.6 Å². The van der Waals surface area contributed by atoms with Crippen LogP contribution in [0.5, 0.6) is 0 Å². The standard InChI is InChI=1S/C20H16N2S/c23-20-12-10-19(11-13-20)22-15-17-8-6-16(7-9-17)14-21-18-4-2-1-3-5-18/h1-15,23H. The molecule has 0 fully saturated rings. The van der Waals surface area contributed by atoms with E-state index < -0.39 is 0 Å². The van der Waals surface area contributed by atoms with Crippen LogP contribution in [0.15, 0.2) is 93.7 Å². The van der Waals surface area contributed by atoms with Crippen LogP contribution in [0.2, 0.25) is 0 Å². The summed E-state index contributed by atoms with van der Waals surface area (Å²) in [7, 11) is 0. The van der Waals surface area contributed by atoms with Crippen molar-refractivity contribution in [3.05, 3.63) is 90.0 Å². The van der Waals surface area contributed by atoms with Crippen molar-refractivity contribution < 1.29 is 0 Å². The van der Waals surface area contributed by atoms with Crippen molar-refractivity contribution in [1.29, 1.82) is 0 Å². The van der Waals surface area contributed by atoms with Gasteiger partial charge in [0.15, 0.2) is 0 Å². The van der Waals surface area contributed by atoms with E-state index in [1.165, 1.54) is 0 Å². The van der Waals surface area contributed by atoms with Gasteiger partial charge >= 0.3 is 0 Å². The fourth-order valence-corrected chi connectivity index (χ4v) is 2.17. The van der Waals surface area contributed by atoms with Crippen LogP contribution >= 0.6 is 12.6 Å². The van der Waals surface area contributed by atoms with E-state index >= 15 is 0 Å². The Morgan fingerprint density at radius 3 is 1.57 bits per heavy atom. The first kappa shape index (κ1) is 15.3. The molecule has 0 unspecified atom stereocenters. The van der Waals surface area contributed by atoms with Gasteiger partial charge in [-0.1, -0.05) is 42.5 Å². The van der Waals surface area contributed by atoms with Gasteiger partial charge in [-0.3, -0.25) is 9.98 Å². The minimum Gasteiger partial charge on any atom is -0.256 e. The molecule has 0 radical (unpaired) electrons. The predicted molar refractivity (Wildman–Crippen MR) is 101 cm³/mol. The van der Waals surface area contributed by atoms with Crippen LogP contribution in [0.1, 0.15) is 11.1 Å². The van der Waals surface area contributed by atoms with Crippen molar-refractivity contribution >= 4 is 36.4 Å². The van der Waals surface area contributed by atoms with Crippen LogP contribution in [0.25, 0.3) is 0 Å². The summed E-state index contributed by atoms with van der Waals surface area (Å²) in [5, 5.41) is 0. The van der Waals surface area contributed by atoms with Gasteiger partial charge in [-0.15, -0.1) is 12.6 Å².